The van der Waals surface area contributed by atoms with Gasteiger partial charge in [0.05, 0.1) is 17.3 Å². The van der Waals surface area contributed by atoms with Gasteiger partial charge < -0.3 is 25.2 Å². The number of carbonyl (C=O) groups is 3. The molecule has 0 fully saturated rings. The van der Waals surface area contributed by atoms with Crippen LogP contribution >= 0.6 is 11.6 Å². The number of rotatable bonds is 8. The second kappa shape index (κ2) is 10.6. The van der Waals surface area contributed by atoms with Crippen LogP contribution in [0.3, 0.4) is 0 Å². The lowest BCUT2D eigenvalue weighted by molar-refractivity contribution is -0.119. The van der Waals surface area contributed by atoms with Gasteiger partial charge in [-0.05, 0) is 34.4 Å². The van der Waals surface area contributed by atoms with Crippen LogP contribution in [-0.4, -0.2) is 49.4 Å². The van der Waals surface area contributed by atoms with Gasteiger partial charge in [0.25, 0.3) is 0 Å². The maximum atomic E-state index is 12.8. The molecular weight excluding hydrogens is 472 g/mol. The molecular formula is C26H23ClN2O6. The molecule has 4 rings (SSSR count). The summed E-state index contributed by atoms with van der Waals surface area (Å²) >= 11 is 5.96. The number of carboxylic acid groups (broad SMARTS) is 1. The molecule has 3 N–H and O–H groups in total. The predicted molar refractivity (Wildman–Crippen MR) is 131 cm³/mol. The summed E-state index contributed by atoms with van der Waals surface area (Å²) < 4.78 is 10.6. The normalized spacial score (nSPS) is 12.9. The smallest absolute Gasteiger partial charge is 0.407 e. The average molecular weight is 495 g/mol. The molecule has 8 nitrogen and oxygen atoms in total. The summed E-state index contributed by atoms with van der Waals surface area (Å²) in [5.41, 5.74) is 4.09. The summed E-state index contributed by atoms with van der Waals surface area (Å²) in [6.45, 7) is -0.0718. The Hall–Kier alpha value is -3.88. The fourth-order valence-corrected chi connectivity index (χ4v) is 4.45. The number of carbonyl (C=O) groups excluding carboxylic acids is 2. The van der Waals surface area contributed by atoms with Gasteiger partial charge in [0, 0.05) is 13.0 Å². The lowest BCUT2D eigenvalue weighted by atomic mass is 9.98. The fraction of sp³-hybridized carbons (Fsp3) is 0.192. The first-order valence-electron chi connectivity index (χ1n) is 10.8. The molecule has 0 bridgehead atoms. The van der Waals surface area contributed by atoms with Gasteiger partial charge in [0.2, 0.25) is 5.91 Å². The second-order valence-electron chi connectivity index (χ2n) is 7.93. The highest BCUT2D eigenvalue weighted by Crippen LogP contribution is 2.44. The highest BCUT2D eigenvalue weighted by molar-refractivity contribution is 6.34. The molecule has 180 valence electrons. The second-order valence-corrected chi connectivity index (χ2v) is 8.34. The van der Waals surface area contributed by atoms with Gasteiger partial charge >= 0.3 is 12.1 Å². The van der Waals surface area contributed by atoms with Gasteiger partial charge in [-0.3, -0.25) is 4.79 Å². The number of carboxylic acids is 1. The summed E-state index contributed by atoms with van der Waals surface area (Å²) in [5.74, 6) is -2.10. The van der Waals surface area contributed by atoms with Crippen LogP contribution in [0.5, 0.6) is 0 Å². The van der Waals surface area contributed by atoms with Crippen molar-refractivity contribution in [3.8, 4) is 11.1 Å². The van der Waals surface area contributed by atoms with Crippen LogP contribution in [0.4, 0.5) is 10.5 Å². The number of methoxy groups -OCH3 is 1. The first kappa shape index (κ1) is 24.3. The minimum absolute atomic E-state index is 0.00504. The molecule has 1 aliphatic carbocycles. The molecule has 35 heavy (non-hydrogen) atoms. The maximum absolute atomic E-state index is 12.8. The Morgan fingerprint density at radius 2 is 1.60 bits per heavy atom. The van der Waals surface area contributed by atoms with Gasteiger partial charge in [-0.25, -0.2) is 9.59 Å². The third-order valence-corrected chi connectivity index (χ3v) is 6.09. The van der Waals surface area contributed by atoms with Crippen LogP contribution in [0.2, 0.25) is 5.02 Å². The van der Waals surface area contributed by atoms with E-state index in [9.17, 15) is 19.5 Å². The van der Waals surface area contributed by atoms with Crippen molar-refractivity contribution in [3.05, 3.63) is 88.4 Å². The minimum Gasteiger partial charge on any atom is -0.478 e. The van der Waals surface area contributed by atoms with Gasteiger partial charge in [-0.2, -0.15) is 0 Å². The Kier molecular flexibility index (Phi) is 7.33. The lowest BCUT2D eigenvalue weighted by Gasteiger charge is -2.20. The van der Waals surface area contributed by atoms with Crippen LogP contribution in [-0.2, 0) is 14.3 Å². The zero-order valence-electron chi connectivity index (χ0n) is 18.8. The number of aromatic carboxylic acids is 1. The van der Waals surface area contributed by atoms with E-state index >= 15 is 0 Å². The number of ether oxygens (including phenoxy) is 2. The molecule has 0 saturated carbocycles. The van der Waals surface area contributed by atoms with Crippen LogP contribution in [0.25, 0.3) is 11.1 Å². The van der Waals surface area contributed by atoms with E-state index in [2.05, 4.69) is 10.6 Å². The third-order valence-electron chi connectivity index (χ3n) is 5.77. The number of fused-ring (bicyclic) bond motifs is 3. The minimum atomic E-state index is -1.29. The van der Waals surface area contributed by atoms with Crippen molar-refractivity contribution in [2.45, 2.75) is 12.0 Å². The highest BCUT2D eigenvalue weighted by atomic mass is 35.5. The third kappa shape index (κ3) is 5.13. The van der Waals surface area contributed by atoms with E-state index in [0.717, 1.165) is 22.3 Å². The number of anilines is 1. The number of amides is 2. The van der Waals surface area contributed by atoms with Crippen LogP contribution in [0.1, 0.15) is 27.4 Å². The van der Waals surface area contributed by atoms with Crippen molar-refractivity contribution < 1.29 is 29.0 Å². The number of nitrogens with one attached hydrogen (secondary N) is 2. The number of hydrogen-bond acceptors (Lipinski definition) is 5. The molecule has 9 heteroatoms. The van der Waals surface area contributed by atoms with Crippen LogP contribution < -0.4 is 10.6 Å². The molecule has 0 spiro atoms. The highest BCUT2D eigenvalue weighted by Gasteiger charge is 2.30. The molecule has 0 heterocycles. The van der Waals surface area contributed by atoms with Crippen molar-refractivity contribution in [2.75, 3.05) is 25.6 Å². The first-order valence-corrected chi connectivity index (χ1v) is 11.2. The van der Waals surface area contributed by atoms with E-state index in [-0.39, 0.29) is 35.4 Å². The van der Waals surface area contributed by atoms with E-state index in [1.165, 1.54) is 25.3 Å². The van der Waals surface area contributed by atoms with Gasteiger partial charge in [0.15, 0.2) is 0 Å². The summed E-state index contributed by atoms with van der Waals surface area (Å²) in [5, 5.41) is 14.4. The Labute approximate surface area is 206 Å². The summed E-state index contributed by atoms with van der Waals surface area (Å²) in [6, 6.07) is 19.1. The van der Waals surface area contributed by atoms with Gasteiger partial charge in [-0.1, -0.05) is 66.2 Å². The largest absolute Gasteiger partial charge is 0.478 e. The fourth-order valence-electron chi connectivity index (χ4n) is 4.20. The lowest BCUT2D eigenvalue weighted by Crippen LogP contribution is -2.47. The van der Waals surface area contributed by atoms with Crippen LogP contribution in [0.15, 0.2) is 66.7 Å². The first-order chi connectivity index (χ1) is 16.9. The van der Waals surface area contributed by atoms with Gasteiger partial charge in [-0.15, -0.1) is 0 Å². The molecule has 0 saturated heterocycles. The zero-order chi connectivity index (χ0) is 24.9. The maximum Gasteiger partial charge on any atom is 0.407 e. The van der Waals surface area contributed by atoms with Crippen molar-refractivity contribution in [1.29, 1.82) is 0 Å². The van der Waals surface area contributed by atoms with Gasteiger partial charge in [0.1, 0.15) is 18.2 Å². The standard InChI is InChI=1S/C26H23ClN2O6/c1-34-14-22(24(30)28-21-12-6-11-20(27)23(21)25(31)32)29-26(33)35-13-19-17-9-4-2-7-15(17)16-8-3-5-10-18(16)19/h2-12,19,22H,13-14H2,1H3,(H,28,30)(H,29,33)(H,31,32). The van der Waals surface area contributed by atoms with E-state index in [1.807, 2.05) is 48.5 Å². The number of alkyl carbamates (subject to hydrolysis) is 1. The quantitative estimate of drug-likeness (QED) is 0.424. The number of halogens is 1. The van der Waals surface area contributed by atoms with Crippen molar-refractivity contribution >= 4 is 35.3 Å². The molecule has 3 aromatic rings. The summed E-state index contributed by atoms with van der Waals surface area (Å²) in [4.78, 5) is 37.0. The van der Waals surface area contributed by atoms with E-state index in [4.69, 9.17) is 21.1 Å². The van der Waals surface area contributed by atoms with Crippen molar-refractivity contribution in [2.24, 2.45) is 0 Å². The molecule has 3 aromatic carbocycles. The summed E-state index contributed by atoms with van der Waals surface area (Å²) in [7, 11) is 1.38. The van der Waals surface area contributed by atoms with Crippen molar-refractivity contribution in [3.63, 3.8) is 0 Å². The Bertz CT molecular complexity index is 1230. The molecule has 2 amide bonds. The SMILES string of the molecule is COCC(NC(=O)OCC1c2ccccc2-c2ccccc21)C(=O)Nc1cccc(Cl)c1C(=O)O. The molecule has 1 aliphatic rings. The number of hydrogen-bond donors (Lipinski definition) is 3. The summed E-state index contributed by atoms with van der Waals surface area (Å²) in [6.07, 6.45) is -0.798. The Balaban J connectivity index is 1.43. The zero-order valence-corrected chi connectivity index (χ0v) is 19.5. The number of benzene rings is 3. The molecule has 0 radical (unpaired) electrons. The van der Waals surface area contributed by atoms with E-state index in [1.54, 1.807) is 0 Å². The topological polar surface area (TPSA) is 114 Å². The molecule has 0 aliphatic heterocycles. The monoisotopic (exact) mass is 494 g/mol. The Morgan fingerprint density at radius 3 is 2.20 bits per heavy atom. The molecule has 1 atom stereocenters. The molecule has 1 unspecified atom stereocenters. The van der Waals surface area contributed by atoms with E-state index in [0.29, 0.717) is 0 Å². The Morgan fingerprint density at radius 1 is 0.971 bits per heavy atom. The average Bonchev–Trinajstić information content (AvgIpc) is 3.16. The van der Waals surface area contributed by atoms with Crippen molar-refractivity contribution in [1.82, 2.24) is 5.32 Å². The predicted octanol–water partition coefficient (Wildman–Crippen LogP) is 4.53. The van der Waals surface area contributed by atoms with Crippen LogP contribution in [0, 0.1) is 0 Å². The molecule has 0 aromatic heterocycles. The van der Waals surface area contributed by atoms with E-state index < -0.39 is 24.0 Å².